The van der Waals surface area contributed by atoms with Crippen LogP contribution in [0.4, 0.5) is 14.6 Å². The highest BCUT2D eigenvalue weighted by Gasteiger charge is 2.46. The predicted octanol–water partition coefficient (Wildman–Crippen LogP) is 4.02. The first-order valence-electron chi connectivity index (χ1n) is 12.1. The summed E-state index contributed by atoms with van der Waals surface area (Å²) in [5.41, 5.74) is 2.23. The number of nitrogens with one attached hydrogen (secondary N) is 2. The Labute approximate surface area is 234 Å². The highest BCUT2D eigenvalue weighted by Crippen LogP contribution is 2.31. The summed E-state index contributed by atoms with van der Waals surface area (Å²) in [7, 11) is -3.69. The number of benzene rings is 2. The van der Waals surface area contributed by atoms with Gasteiger partial charge in [-0.2, -0.15) is 0 Å². The number of hydrogen-bond acceptors (Lipinski definition) is 7. The van der Waals surface area contributed by atoms with Gasteiger partial charge in [0.15, 0.2) is 9.84 Å². The van der Waals surface area contributed by atoms with Crippen molar-refractivity contribution in [1.29, 1.82) is 0 Å². The molecule has 0 aliphatic carbocycles. The van der Waals surface area contributed by atoms with Gasteiger partial charge >= 0.3 is 5.97 Å². The summed E-state index contributed by atoms with van der Waals surface area (Å²) in [6, 6.07) is 14.3. The number of sulfone groups is 1. The number of rotatable bonds is 11. The molecule has 3 N–H and O–H groups in total. The minimum absolute atomic E-state index is 0.00939. The number of anilines is 1. The normalized spacial score (nSPS) is 14.6. The molecule has 1 saturated heterocycles. The third-order valence-electron chi connectivity index (χ3n) is 6.01. The van der Waals surface area contributed by atoms with E-state index in [9.17, 15) is 26.8 Å². The molecule has 40 heavy (non-hydrogen) atoms. The number of halogens is 3. The maximum absolute atomic E-state index is 13.0. The summed E-state index contributed by atoms with van der Waals surface area (Å²) in [5, 5.41) is 14.7. The van der Waals surface area contributed by atoms with Gasteiger partial charge in [0.05, 0.1) is 35.4 Å². The fourth-order valence-corrected chi connectivity index (χ4v) is 5.71. The van der Waals surface area contributed by atoms with E-state index in [1.54, 1.807) is 30.3 Å². The van der Waals surface area contributed by atoms with Crippen molar-refractivity contribution >= 4 is 45.2 Å². The van der Waals surface area contributed by atoms with Crippen LogP contribution in [0.1, 0.15) is 15.9 Å². The number of alkyl halides is 2. The number of likely N-dealkylation sites (tertiary alicyclic amines) is 1. The smallest absolute Gasteiger partial charge is 0.328 e. The van der Waals surface area contributed by atoms with Crippen molar-refractivity contribution in [3.05, 3.63) is 83.0 Å². The van der Waals surface area contributed by atoms with Crippen LogP contribution in [0.15, 0.2) is 71.8 Å². The molecule has 2 heterocycles. The minimum Gasteiger partial charge on any atom is -0.478 e. The zero-order valence-corrected chi connectivity index (χ0v) is 22.6. The van der Waals surface area contributed by atoms with Crippen molar-refractivity contribution < 1.29 is 31.9 Å². The molecule has 1 amide bonds. The molecule has 0 atom stereocenters. The Morgan fingerprint density at radius 2 is 1.77 bits per heavy atom. The zero-order valence-electron chi connectivity index (χ0n) is 21.0. The predicted molar refractivity (Wildman–Crippen MR) is 147 cm³/mol. The van der Waals surface area contributed by atoms with Gasteiger partial charge in [-0.05, 0) is 59.2 Å². The molecule has 1 aliphatic rings. The van der Waals surface area contributed by atoms with Gasteiger partial charge in [0.2, 0.25) is 0 Å². The summed E-state index contributed by atoms with van der Waals surface area (Å²) in [6.45, 7) is -0.791. The van der Waals surface area contributed by atoms with Crippen LogP contribution in [-0.4, -0.2) is 73.3 Å². The van der Waals surface area contributed by atoms with Crippen LogP contribution in [0.25, 0.3) is 17.2 Å². The molecule has 1 aromatic heterocycles. The number of pyridine rings is 1. The first kappa shape index (κ1) is 29.1. The molecule has 0 spiro atoms. The van der Waals surface area contributed by atoms with E-state index in [0.717, 1.165) is 11.0 Å². The van der Waals surface area contributed by atoms with Crippen molar-refractivity contribution in [2.24, 2.45) is 0 Å². The first-order valence-corrected chi connectivity index (χ1v) is 14.1. The first-order chi connectivity index (χ1) is 18.9. The van der Waals surface area contributed by atoms with Gasteiger partial charge in [-0.25, -0.2) is 27.0 Å². The van der Waals surface area contributed by atoms with Crippen LogP contribution in [-0.2, 0) is 14.6 Å². The van der Waals surface area contributed by atoms with E-state index in [0.29, 0.717) is 22.5 Å². The van der Waals surface area contributed by atoms with E-state index >= 15 is 0 Å². The fourth-order valence-electron chi connectivity index (χ4n) is 3.91. The highest BCUT2D eigenvalue weighted by molar-refractivity contribution is 7.91. The van der Waals surface area contributed by atoms with E-state index in [1.165, 1.54) is 36.5 Å². The molecule has 2 aromatic carbocycles. The van der Waals surface area contributed by atoms with E-state index < -0.39 is 40.7 Å². The number of amides is 1. The van der Waals surface area contributed by atoms with E-state index in [-0.39, 0.29) is 34.4 Å². The summed E-state index contributed by atoms with van der Waals surface area (Å²) in [4.78, 5) is 28.1. The molecule has 1 fully saturated rings. The second kappa shape index (κ2) is 12.1. The third-order valence-corrected chi connectivity index (χ3v) is 8.20. The molecule has 0 unspecified atom stereocenters. The van der Waals surface area contributed by atoms with E-state index in [2.05, 4.69) is 15.6 Å². The van der Waals surface area contributed by atoms with E-state index in [1.807, 2.05) is 0 Å². The monoisotopic (exact) mass is 590 g/mol. The second-order valence-electron chi connectivity index (χ2n) is 9.06. The molecular weight excluding hydrogens is 566 g/mol. The van der Waals surface area contributed by atoms with Crippen LogP contribution in [0, 0.1) is 0 Å². The van der Waals surface area contributed by atoms with Gasteiger partial charge < -0.3 is 15.3 Å². The summed E-state index contributed by atoms with van der Waals surface area (Å²) >= 11 is 6.32. The van der Waals surface area contributed by atoms with Crippen LogP contribution in [0.5, 0.6) is 0 Å². The second-order valence-corrected chi connectivity index (χ2v) is 11.5. The lowest BCUT2D eigenvalue weighted by molar-refractivity contribution is -0.131. The topological polar surface area (TPSA) is 129 Å². The highest BCUT2D eigenvalue weighted by atomic mass is 35.5. The Hall–Kier alpha value is -3.87. The van der Waals surface area contributed by atoms with Gasteiger partial charge in [-0.1, -0.05) is 29.8 Å². The molecule has 210 valence electrons. The molecule has 1 aliphatic heterocycles. The fraction of sp³-hybridized carbons (Fsp3) is 0.222. The van der Waals surface area contributed by atoms with Crippen molar-refractivity contribution in [2.45, 2.75) is 10.8 Å². The lowest BCUT2D eigenvalue weighted by atomic mass is 10.0. The number of aromatic nitrogens is 1. The number of carboxylic acid groups (broad SMARTS) is 1. The number of carbonyl (C=O) groups excluding carboxylic acids is 1. The molecule has 0 bridgehead atoms. The minimum atomic E-state index is -3.69. The van der Waals surface area contributed by atoms with Crippen LogP contribution >= 0.6 is 11.6 Å². The lowest BCUT2D eigenvalue weighted by Gasteiger charge is -2.38. The summed E-state index contributed by atoms with van der Waals surface area (Å²) in [5.74, 6) is -4.04. The molecule has 9 nitrogen and oxygen atoms in total. The number of aliphatic carboxylic acids is 1. The molecule has 4 rings (SSSR count). The van der Waals surface area contributed by atoms with Crippen LogP contribution in [0.3, 0.4) is 0 Å². The Kier molecular flexibility index (Phi) is 8.82. The number of carbonyl (C=O) groups is 2. The zero-order chi connectivity index (χ0) is 28.9. The standard InChI is InChI=1S/C27H25ClF2N4O5S/c28-22-13-21(19-3-5-20(6-4-19)26(37)34-15-27(29,30)16-34)7-8-23(22)40(38,39)12-11-31-17-33-24-9-1-18(14-32-24)2-10-25(35)36/h1-10,13-14,31H,11-12,15-17H2,(H,32,33)(H,35,36). The lowest BCUT2D eigenvalue weighted by Crippen LogP contribution is -2.58. The van der Waals surface area contributed by atoms with Gasteiger partial charge in [0.25, 0.3) is 11.8 Å². The Balaban J connectivity index is 1.28. The number of carboxylic acids is 1. The van der Waals surface area contributed by atoms with Gasteiger partial charge in [0, 0.05) is 24.4 Å². The van der Waals surface area contributed by atoms with Crippen LogP contribution in [0.2, 0.25) is 5.02 Å². The quantitative estimate of drug-likeness (QED) is 0.173. The van der Waals surface area contributed by atoms with Gasteiger partial charge in [-0.3, -0.25) is 10.1 Å². The summed E-state index contributed by atoms with van der Waals surface area (Å²) in [6.07, 6.45) is 3.93. The van der Waals surface area contributed by atoms with Gasteiger partial charge in [-0.15, -0.1) is 0 Å². The van der Waals surface area contributed by atoms with Crippen LogP contribution < -0.4 is 10.6 Å². The maximum Gasteiger partial charge on any atom is 0.328 e. The molecular formula is C27H25ClF2N4O5S. The molecule has 0 saturated carbocycles. The number of nitrogens with zero attached hydrogens (tertiary/aromatic N) is 2. The van der Waals surface area contributed by atoms with Crippen molar-refractivity contribution in [2.75, 3.05) is 37.4 Å². The van der Waals surface area contributed by atoms with Gasteiger partial charge in [0.1, 0.15) is 5.82 Å². The SMILES string of the molecule is O=C(O)C=Cc1ccc(NCNCCS(=O)(=O)c2ccc(-c3ccc(C(=O)N4CC(F)(F)C4)cc3)cc2Cl)nc1. The van der Waals surface area contributed by atoms with Crippen molar-refractivity contribution in [3.63, 3.8) is 0 Å². The molecule has 3 aromatic rings. The Morgan fingerprint density at radius 3 is 2.38 bits per heavy atom. The summed E-state index contributed by atoms with van der Waals surface area (Å²) < 4.78 is 51.8. The third kappa shape index (κ3) is 7.40. The van der Waals surface area contributed by atoms with Crippen molar-refractivity contribution in [3.8, 4) is 11.1 Å². The molecule has 13 heteroatoms. The average molecular weight is 591 g/mol. The molecule has 0 radical (unpaired) electrons. The maximum atomic E-state index is 13.0. The largest absolute Gasteiger partial charge is 0.478 e. The Morgan fingerprint density at radius 1 is 1.07 bits per heavy atom. The van der Waals surface area contributed by atoms with E-state index in [4.69, 9.17) is 16.7 Å². The Bertz CT molecular complexity index is 1520. The number of hydrogen-bond donors (Lipinski definition) is 3. The van der Waals surface area contributed by atoms with Crippen molar-refractivity contribution in [1.82, 2.24) is 15.2 Å². The average Bonchev–Trinajstić information content (AvgIpc) is 2.90.